The first-order valence-electron chi connectivity index (χ1n) is 6.53. The lowest BCUT2D eigenvalue weighted by Gasteiger charge is -2.26. The molecule has 1 fully saturated rings. The van der Waals surface area contributed by atoms with Crippen molar-refractivity contribution in [2.45, 2.75) is 33.6 Å². The molecule has 0 spiro atoms. The molecule has 4 nitrogen and oxygen atoms in total. The molecule has 1 saturated heterocycles. The van der Waals surface area contributed by atoms with Gasteiger partial charge in [-0.25, -0.2) is 0 Å². The zero-order chi connectivity index (χ0) is 12.7. The Labute approximate surface area is 104 Å². The maximum atomic E-state index is 11.7. The molecular formula is C13H25NO3. The summed E-state index contributed by atoms with van der Waals surface area (Å²) >= 11 is 0. The SMILES string of the molecule is CCC(C)(C)C(=O)OCCCN1CCOCC1. The van der Waals surface area contributed by atoms with Gasteiger partial charge in [0, 0.05) is 19.6 Å². The zero-order valence-corrected chi connectivity index (χ0v) is 11.3. The van der Waals surface area contributed by atoms with Gasteiger partial charge in [0.25, 0.3) is 0 Å². The van der Waals surface area contributed by atoms with Crippen molar-refractivity contribution in [1.29, 1.82) is 0 Å². The molecular weight excluding hydrogens is 218 g/mol. The van der Waals surface area contributed by atoms with E-state index >= 15 is 0 Å². The molecule has 0 bridgehead atoms. The molecule has 0 aromatic rings. The summed E-state index contributed by atoms with van der Waals surface area (Å²) in [5.41, 5.74) is -0.348. The Kier molecular flexibility index (Phi) is 5.92. The van der Waals surface area contributed by atoms with Crippen LogP contribution in [0.4, 0.5) is 0 Å². The first kappa shape index (κ1) is 14.5. The van der Waals surface area contributed by atoms with Crippen molar-refractivity contribution in [1.82, 2.24) is 4.90 Å². The number of carbonyl (C=O) groups is 1. The third kappa shape index (κ3) is 5.04. The van der Waals surface area contributed by atoms with Gasteiger partial charge in [-0.2, -0.15) is 0 Å². The molecule has 4 heteroatoms. The molecule has 0 unspecified atom stereocenters. The lowest BCUT2D eigenvalue weighted by atomic mass is 9.91. The van der Waals surface area contributed by atoms with E-state index in [2.05, 4.69) is 4.90 Å². The highest BCUT2D eigenvalue weighted by molar-refractivity contribution is 5.75. The minimum atomic E-state index is -0.348. The molecule has 100 valence electrons. The van der Waals surface area contributed by atoms with Crippen molar-refractivity contribution >= 4 is 5.97 Å². The van der Waals surface area contributed by atoms with Crippen molar-refractivity contribution in [3.8, 4) is 0 Å². The maximum Gasteiger partial charge on any atom is 0.311 e. The summed E-state index contributed by atoms with van der Waals surface area (Å²) in [6.45, 7) is 11.0. The van der Waals surface area contributed by atoms with Crippen LogP contribution in [-0.4, -0.2) is 50.3 Å². The highest BCUT2D eigenvalue weighted by atomic mass is 16.5. The number of hydrogen-bond acceptors (Lipinski definition) is 4. The molecule has 0 aliphatic carbocycles. The highest BCUT2D eigenvalue weighted by Crippen LogP contribution is 2.21. The van der Waals surface area contributed by atoms with Gasteiger partial charge in [0.05, 0.1) is 25.2 Å². The number of rotatable bonds is 6. The summed E-state index contributed by atoms with van der Waals surface area (Å²) in [6, 6.07) is 0. The fourth-order valence-corrected chi connectivity index (χ4v) is 1.62. The molecule has 0 aromatic carbocycles. The van der Waals surface area contributed by atoms with E-state index in [1.54, 1.807) is 0 Å². The van der Waals surface area contributed by atoms with Gasteiger partial charge >= 0.3 is 5.97 Å². The van der Waals surface area contributed by atoms with Crippen LogP contribution in [0.1, 0.15) is 33.6 Å². The number of ether oxygens (including phenoxy) is 2. The molecule has 0 radical (unpaired) electrons. The molecule has 1 aliphatic rings. The van der Waals surface area contributed by atoms with E-state index in [1.807, 2.05) is 20.8 Å². The molecule has 0 aromatic heterocycles. The summed E-state index contributed by atoms with van der Waals surface area (Å²) in [6.07, 6.45) is 1.72. The summed E-state index contributed by atoms with van der Waals surface area (Å²) in [4.78, 5) is 14.0. The van der Waals surface area contributed by atoms with Crippen LogP contribution in [0.25, 0.3) is 0 Å². The average Bonchev–Trinajstić information content (AvgIpc) is 2.35. The fraction of sp³-hybridized carbons (Fsp3) is 0.923. The van der Waals surface area contributed by atoms with Gasteiger partial charge in [-0.15, -0.1) is 0 Å². The number of nitrogens with zero attached hydrogens (tertiary/aromatic N) is 1. The van der Waals surface area contributed by atoms with Crippen molar-refractivity contribution in [2.24, 2.45) is 5.41 Å². The van der Waals surface area contributed by atoms with E-state index in [0.717, 1.165) is 45.7 Å². The van der Waals surface area contributed by atoms with Crippen LogP contribution in [0.5, 0.6) is 0 Å². The van der Waals surface area contributed by atoms with Crippen LogP contribution in [0, 0.1) is 5.41 Å². The summed E-state index contributed by atoms with van der Waals surface area (Å²) in [7, 11) is 0. The molecule has 0 N–H and O–H groups in total. The van der Waals surface area contributed by atoms with Crippen LogP contribution in [0.15, 0.2) is 0 Å². The quantitative estimate of drug-likeness (QED) is 0.525. The van der Waals surface area contributed by atoms with Gasteiger partial charge in [0.2, 0.25) is 0 Å². The van der Waals surface area contributed by atoms with Crippen LogP contribution < -0.4 is 0 Å². The minimum absolute atomic E-state index is 0.0815. The average molecular weight is 243 g/mol. The zero-order valence-electron chi connectivity index (χ0n) is 11.3. The van der Waals surface area contributed by atoms with E-state index in [-0.39, 0.29) is 11.4 Å². The number of carbonyl (C=O) groups excluding carboxylic acids is 1. The lowest BCUT2D eigenvalue weighted by Crippen LogP contribution is -2.37. The monoisotopic (exact) mass is 243 g/mol. The largest absolute Gasteiger partial charge is 0.465 e. The first-order chi connectivity index (χ1) is 8.06. The summed E-state index contributed by atoms with van der Waals surface area (Å²) in [5.74, 6) is -0.0815. The predicted molar refractivity (Wildman–Crippen MR) is 66.9 cm³/mol. The Bertz CT molecular complexity index is 235. The third-order valence-corrected chi connectivity index (χ3v) is 3.39. The minimum Gasteiger partial charge on any atom is -0.465 e. The van der Waals surface area contributed by atoms with Gasteiger partial charge in [0.1, 0.15) is 0 Å². The lowest BCUT2D eigenvalue weighted by molar-refractivity contribution is -0.154. The van der Waals surface area contributed by atoms with Gasteiger partial charge in [0.15, 0.2) is 0 Å². The third-order valence-electron chi connectivity index (χ3n) is 3.39. The van der Waals surface area contributed by atoms with Crippen molar-refractivity contribution in [3.05, 3.63) is 0 Å². The second kappa shape index (κ2) is 6.97. The van der Waals surface area contributed by atoms with Crippen molar-refractivity contribution in [3.63, 3.8) is 0 Å². The first-order valence-corrected chi connectivity index (χ1v) is 6.53. The van der Waals surface area contributed by atoms with Gasteiger partial charge in [-0.05, 0) is 26.7 Å². The van der Waals surface area contributed by atoms with Crippen molar-refractivity contribution < 1.29 is 14.3 Å². The molecule has 1 heterocycles. The van der Waals surface area contributed by atoms with Gasteiger partial charge < -0.3 is 9.47 Å². The van der Waals surface area contributed by atoms with Gasteiger partial charge in [-0.3, -0.25) is 9.69 Å². The summed E-state index contributed by atoms with van der Waals surface area (Å²) in [5, 5.41) is 0. The van der Waals surface area contributed by atoms with Crippen LogP contribution in [0.2, 0.25) is 0 Å². The Morgan fingerprint density at radius 3 is 2.59 bits per heavy atom. The highest BCUT2D eigenvalue weighted by Gasteiger charge is 2.26. The Morgan fingerprint density at radius 1 is 1.35 bits per heavy atom. The predicted octanol–water partition coefficient (Wildman–Crippen LogP) is 1.69. The smallest absolute Gasteiger partial charge is 0.311 e. The fourth-order valence-electron chi connectivity index (χ4n) is 1.62. The molecule has 0 saturated carbocycles. The number of hydrogen-bond donors (Lipinski definition) is 0. The van der Waals surface area contributed by atoms with Crippen molar-refractivity contribution in [2.75, 3.05) is 39.5 Å². The normalized spacial score (nSPS) is 18.1. The van der Waals surface area contributed by atoms with E-state index < -0.39 is 0 Å². The van der Waals surface area contributed by atoms with E-state index in [9.17, 15) is 4.79 Å². The standard InChI is InChI=1S/C13H25NO3/c1-4-13(2,3)12(15)17-9-5-6-14-7-10-16-11-8-14/h4-11H2,1-3H3. The summed E-state index contributed by atoms with van der Waals surface area (Å²) < 4.78 is 10.6. The molecule has 1 rings (SSSR count). The Balaban J connectivity index is 2.09. The van der Waals surface area contributed by atoms with E-state index in [1.165, 1.54) is 0 Å². The van der Waals surface area contributed by atoms with Crippen LogP contribution in [-0.2, 0) is 14.3 Å². The second-order valence-corrected chi connectivity index (χ2v) is 5.18. The second-order valence-electron chi connectivity index (χ2n) is 5.18. The van der Waals surface area contributed by atoms with E-state index in [4.69, 9.17) is 9.47 Å². The van der Waals surface area contributed by atoms with Crippen LogP contribution >= 0.6 is 0 Å². The Morgan fingerprint density at radius 2 is 2.00 bits per heavy atom. The topological polar surface area (TPSA) is 38.8 Å². The Hall–Kier alpha value is -0.610. The van der Waals surface area contributed by atoms with E-state index in [0.29, 0.717) is 6.61 Å². The van der Waals surface area contributed by atoms with Gasteiger partial charge in [-0.1, -0.05) is 6.92 Å². The molecule has 1 aliphatic heterocycles. The van der Waals surface area contributed by atoms with Crippen LogP contribution in [0.3, 0.4) is 0 Å². The molecule has 17 heavy (non-hydrogen) atoms. The number of morpholine rings is 1. The molecule has 0 amide bonds. The number of esters is 1. The maximum absolute atomic E-state index is 11.7. The molecule has 0 atom stereocenters.